The van der Waals surface area contributed by atoms with Crippen LogP contribution in [0.5, 0.6) is 0 Å². The quantitative estimate of drug-likeness (QED) is 0.692. The van der Waals surface area contributed by atoms with Crippen molar-refractivity contribution in [1.82, 2.24) is 9.55 Å². The SMILES string of the molecule is Cc1ccc(C2(Cn3ccnc3)OCC(c3ccccc3Cl)O2)cc1. The fourth-order valence-electron chi connectivity index (χ4n) is 3.15. The Morgan fingerprint density at radius 3 is 2.72 bits per heavy atom. The van der Waals surface area contributed by atoms with Crippen LogP contribution >= 0.6 is 11.6 Å². The second-order valence-electron chi connectivity index (χ2n) is 6.29. The van der Waals surface area contributed by atoms with Crippen molar-refractivity contribution in [1.29, 1.82) is 0 Å². The molecule has 1 aliphatic heterocycles. The smallest absolute Gasteiger partial charge is 0.214 e. The van der Waals surface area contributed by atoms with Gasteiger partial charge in [0.15, 0.2) is 0 Å². The minimum absolute atomic E-state index is 0.210. The van der Waals surface area contributed by atoms with Gasteiger partial charge in [-0.05, 0) is 13.0 Å². The van der Waals surface area contributed by atoms with Crippen molar-refractivity contribution in [2.24, 2.45) is 0 Å². The first kappa shape index (κ1) is 16.3. The molecule has 2 heterocycles. The molecule has 3 aromatic rings. The van der Waals surface area contributed by atoms with Crippen molar-refractivity contribution in [3.8, 4) is 0 Å². The Morgan fingerprint density at radius 2 is 2.00 bits per heavy atom. The number of hydrogen-bond acceptors (Lipinski definition) is 3. The highest BCUT2D eigenvalue weighted by Gasteiger charge is 2.44. The summed E-state index contributed by atoms with van der Waals surface area (Å²) in [6.07, 6.45) is 5.22. The number of nitrogens with zero attached hydrogens (tertiary/aromatic N) is 2. The van der Waals surface area contributed by atoms with Crippen molar-refractivity contribution in [3.63, 3.8) is 0 Å². The number of hydrogen-bond donors (Lipinski definition) is 0. The maximum Gasteiger partial charge on any atom is 0.214 e. The van der Waals surface area contributed by atoms with Gasteiger partial charge in [0.25, 0.3) is 0 Å². The van der Waals surface area contributed by atoms with Gasteiger partial charge in [-0.2, -0.15) is 0 Å². The number of aromatic nitrogens is 2. The van der Waals surface area contributed by atoms with Crippen LogP contribution in [0.3, 0.4) is 0 Å². The molecule has 0 amide bonds. The third-order valence-corrected chi connectivity index (χ3v) is 4.84. The summed E-state index contributed by atoms with van der Waals surface area (Å²) >= 11 is 6.36. The predicted molar refractivity (Wildman–Crippen MR) is 96.3 cm³/mol. The van der Waals surface area contributed by atoms with Gasteiger partial charge < -0.3 is 14.0 Å². The largest absolute Gasteiger partial charge is 0.341 e. The van der Waals surface area contributed by atoms with Crippen LogP contribution in [-0.2, 0) is 21.8 Å². The summed E-state index contributed by atoms with van der Waals surface area (Å²) in [6, 6.07) is 16.0. The second-order valence-corrected chi connectivity index (χ2v) is 6.70. The van der Waals surface area contributed by atoms with Gasteiger partial charge in [0.2, 0.25) is 5.79 Å². The lowest BCUT2D eigenvalue weighted by molar-refractivity contribution is -0.187. The zero-order valence-electron chi connectivity index (χ0n) is 13.9. The zero-order valence-corrected chi connectivity index (χ0v) is 14.7. The van der Waals surface area contributed by atoms with Crippen LogP contribution in [0.15, 0.2) is 67.3 Å². The Bertz CT molecular complexity index is 848. The molecule has 128 valence electrons. The van der Waals surface area contributed by atoms with Gasteiger partial charge in [-0.1, -0.05) is 59.6 Å². The molecule has 25 heavy (non-hydrogen) atoms. The van der Waals surface area contributed by atoms with Gasteiger partial charge in [-0.15, -0.1) is 0 Å². The van der Waals surface area contributed by atoms with Crippen LogP contribution in [0.1, 0.15) is 22.8 Å². The molecule has 5 heteroatoms. The molecule has 0 saturated carbocycles. The standard InChI is InChI=1S/C20H19ClN2O2/c1-15-6-8-16(9-7-15)20(13-23-11-10-22-14-23)24-12-19(25-20)17-4-2-3-5-18(17)21/h2-11,14,19H,12-13H2,1H3. The lowest BCUT2D eigenvalue weighted by Crippen LogP contribution is -2.32. The first-order valence-electron chi connectivity index (χ1n) is 8.25. The lowest BCUT2D eigenvalue weighted by atomic mass is 10.0. The highest BCUT2D eigenvalue weighted by molar-refractivity contribution is 6.31. The Kier molecular flexibility index (Phi) is 4.34. The molecule has 2 aromatic carbocycles. The van der Waals surface area contributed by atoms with Crippen molar-refractivity contribution >= 4 is 11.6 Å². The monoisotopic (exact) mass is 354 g/mol. The van der Waals surface area contributed by atoms with E-state index in [1.807, 2.05) is 35.0 Å². The number of imidazole rings is 1. The highest BCUT2D eigenvalue weighted by atomic mass is 35.5. The van der Waals surface area contributed by atoms with E-state index in [0.29, 0.717) is 18.2 Å². The zero-order chi connectivity index (χ0) is 17.3. The number of rotatable bonds is 4. The first-order chi connectivity index (χ1) is 12.2. The molecule has 1 saturated heterocycles. The molecule has 0 radical (unpaired) electrons. The highest BCUT2D eigenvalue weighted by Crippen LogP contribution is 2.43. The molecule has 0 N–H and O–H groups in total. The Morgan fingerprint density at radius 1 is 1.20 bits per heavy atom. The van der Waals surface area contributed by atoms with E-state index >= 15 is 0 Å². The molecule has 0 spiro atoms. The van der Waals surface area contributed by atoms with Gasteiger partial charge in [0.05, 0.1) is 19.5 Å². The Labute approximate surface area is 152 Å². The average molecular weight is 355 g/mol. The molecule has 1 fully saturated rings. The number of halogens is 1. The maximum absolute atomic E-state index is 6.46. The van der Waals surface area contributed by atoms with Crippen molar-refractivity contribution in [2.45, 2.75) is 25.4 Å². The molecule has 1 aliphatic rings. The fraction of sp³-hybridized carbons (Fsp3) is 0.250. The van der Waals surface area contributed by atoms with E-state index in [4.69, 9.17) is 21.1 Å². The molecule has 4 rings (SSSR count). The van der Waals surface area contributed by atoms with E-state index in [9.17, 15) is 0 Å². The average Bonchev–Trinajstić information content (AvgIpc) is 3.27. The minimum atomic E-state index is -0.863. The van der Waals surface area contributed by atoms with E-state index in [2.05, 4.69) is 36.2 Å². The Hall–Kier alpha value is -2.14. The summed E-state index contributed by atoms with van der Waals surface area (Å²) in [6.45, 7) is 3.04. The maximum atomic E-state index is 6.46. The van der Waals surface area contributed by atoms with Gasteiger partial charge in [-0.25, -0.2) is 4.98 Å². The summed E-state index contributed by atoms with van der Waals surface area (Å²) in [5, 5.41) is 0.693. The molecule has 0 aliphatic carbocycles. The molecule has 1 aromatic heterocycles. The van der Waals surface area contributed by atoms with E-state index in [1.165, 1.54) is 5.56 Å². The third-order valence-electron chi connectivity index (χ3n) is 4.49. The molecule has 0 bridgehead atoms. The van der Waals surface area contributed by atoms with E-state index in [0.717, 1.165) is 11.1 Å². The topological polar surface area (TPSA) is 36.3 Å². The van der Waals surface area contributed by atoms with Crippen molar-refractivity contribution < 1.29 is 9.47 Å². The summed E-state index contributed by atoms with van der Waals surface area (Å²) in [7, 11) is 0. The van der Waals surface area contributed by atoms with Crippen molar-refractivity contribution in [3.05, 3.63) is 89.0 Å². The lowest BCUT2D eigenvalue weighted by Gasteiger charge is -2.29. The molecule has 2 atom stereocenters. The molecular weight excluding hydrogens is 336 g/mol. The van der Waals surface area contributed by atoms with Crippen LogP contribution in [0.4, 0.5) is 0 Å². The van der Waals surface area contributed by atoms with Gasteiger partial charge in [-0.3, -0.25) is 0 Å². The van der Waals surface area contributed by atoms with Crippen LogP contribution in [0, 0.1) is 6.92 Å². The summed E-state index contributed by atoms with van der Waals surface area (Å²) < 4.78 is 14.7. The number of ether oxygens (including phenoxy) is 2. The number of benzene rings is 2. The number of aryl methyl sites for hydroxylation is 1. The van der Waals surface area contributed by atoms with Gasteiger partial charge >= 0.3 is 0 Å². The van der Waals surface area contributed by atoms with Gasteiger partial charge in [0.1, 0.15) is 6.10 Å². The summed E-state index contributed by atoms with van der Waals surface area (Å²) in [5.74, 6) is -0.863. The summed E-state index contributed by atoms with van der Waals surface area (Å²) in [5.41, 5.74) is 3.13. The molecule has 2 unspecified atom stereocenters. The Balaban J connectivity index is 1.70. The van der Waals surface area contributed by atoms with Crippen LogP contribution < -0.4 is 0 Å². The predicted octanol–water partition coefficient (Wildman–Crippen LogP) is 4.49. The van der Waals surface area contributed by atoms with E-state index < -0.39 is 5.79 Å². The van der Waals surface area contributed by atoms with E-state index in [-0.39, 0.29) is 6.10 Å². The molecular formula is C20H19ClN2O2. The van der Waals surface area contributed by atoms with Gasteiger partial charge in [0, 0.05) is 28.5 Å². The van der Waals surface area contributed by atoms with Crippen LogP contribution in [0.25, 0.3) is 0 Å². The third kappa shape index (κ3) is 3.21. The minimum Gasteiger partial charge on any atom is -0.341 e. The van der Waals surface area contributed by atoms with Crippen LogP contribution in [-0.4, -0.2) is 16.2 Å². The fourth-order valence-corrected chi connectivity index (χ4v) is 3.41. The van der Waals surface area contributed by atoms with Crippen molar-refractivity contribution in [2.75, 3.05) is 6.61 Å². The summed E-state index contributed by atoms with van der Waals surface area (Å²) in [4.78, 5) is 4.13. The second kappa shape index (κ2) is 6.64. The first-order valence-corrected chi connectivity index (χ1v) is 8.63. The van der Waals surface area contributed by atoms with Crippen LogP contribution in [0.2, 0.25) is 5.02 Å². The molecule has 4 nitrogen and oxygen atoms in total. The normalized spacial score (nSPS) is 23.0. The van der Waals surface area contributed by atoms with E-state index in [1.54, 1.807) is 12.5 Å².